The normalized spacial score (nSPS) is 14.6. The molecule has 4 aromatic carbocycles. The van der Waals surface area contributed by atoms with Crippen molar-refractivity contribution < 1.29 is 14.3 Å². The first-order valence-corrected chi connectivity index (χ1v) is 16.0. The second-order valence-corrected chi connectivity index (χ2v) is 12.3. The lowest BCUT2D eigenvalue weighted by Gasteiger charge is -2.25. The van der Waals surface area contributed by atoms with E-state index in [0.29, 0.717) is 47.0 Å². The number of hydrogen-bond acceptors (Lipinski definition) is 6. The van der Waals surface area contributed by atoms with E-state index >= 15 is 0 Å². The fourth-order valence-electron chi connectivity index (χ4n) is 5.08. The van der Waals surface area contributed by atoms with Crippen LogP contribution in [0.15, 0.2) is 112 Å². The third kappa shape index (κ3) is 6.49. The van der Waals surface area contributed by atoms with Crippen LogP contribution in [-0.2, 0) is 16.1 Å². The zero-order chi connectivity index (χ0) is 31.5. The second kappa shape index (κ2) is 13.5. The topological polar surface area (TPSA) is 69.9 Å². The highest BCUT2D eigenvalue weighted by Gasteiger charge is 2.35. The molecule has 2 heterocycles. The van der Waals surface area contributed by atoms with Crippen molar-refractivity contribution in [3.63, 3.8) is 0 Å². The van der Waals surface area contributed by atoms with Crippen molar-refractivity contribution in [2.45, 2.75) is 19.6 Å². The number of aromatic nitrogens is 1. The van der Waals surface area contributed by atoms with E-state index in [1.54, 1.807) is 61.5 Å². The molecule has 0 spiro atoms. The Morgan fingerprint density at radius 1 is 0.933 bits per heavy atom. The van der Waals surface area contributed by atoms with Crippen LogP contribution in [0.5, 0.6) is 5.75 Å². The number of halogens is 3. The van der Waals surface area contributed by atoms with Gasteiger partial charge in [-0.1, -0.05) is 107 Å². The van der Waals surface area contributed by atoms with Gasteiger partial charge in [-0.3, -0.25) is 9.36 Å². The molecule has 0 radical (unpaired) electrons. The van der Waals surface area contributed by atoms with E-state index in [1.807, 2.05) is 48.5 Å². The van der Waals surface area contributed by atoms with Gasteiger partial charge in [0.2, 0.25) is 0 Å². The zero-order valence-corrected chi connectivity index (χ0v) is 27.0. The maximum Gasteiger partial charge on any atom is 0.338 e. The van der Waals surface area contributed by atoms with Crippen LogP contribution in [0.25, 0.3) is 11.8 Å². The number of fused-ring (bicyclic) bond motifs is 1. The van der Waals surface area contributed by atoms with Crippen molar-refractivity contribution in [3.05, 3.63) is 160 Å². The number of rotatable bonds is 8. The number of hydrogen-bond donors (Lipinski definition) is 0. The molecule has 0 aliphatic carbocycles. The van der Waals surface area contributed by atoms with E-state index < -0.39 is 12.0 Å². The van der Waals surface area contributed by atoms with E-state index in [0.717, 1.165) is 11.1 Å². The first kappa shape index (κ1) is 30.9. The highest BCUT2D eigenvalue weighted by atomic mass is 35.5. The highest BCUT2D eigenvalue weighted by Crippen LogP contribution is 2.35. The quantitative estimate of drug-likeness (QED) is 0.160. The molecular weight excluding hydrogens is 651 g/mol. The van der Waals surface area contributed by atoms with Gasteiger partial charge < -0.3 is 9.47 Å². The molecule has 0 saturated carbocycles. The number of carbonyl (C=O) groups is 1. The molecule has 0 saturated heterocycles. The van der Waals surface area contributed by atoms with Crippen molar-refractivity contribution in [1.82, 2.24) is 4.57 Å². The fraction of sp³-hybridized carbons (Fsp3) is 0.114. The smallest absolute Gasteiger partial charge is 0.338 e. The molecule has 0 unspecified atom stereocenters. The Morgan fingerprint density at radius 2 is 1.64 bits per heavy atom. The fourth-order valence-corrected chi connectivity index (χ4v) is 6.57. The number of benzene rings is 4. The minimum absolute atomic E-state index is 0.161. The molecular formula is C35H25Cl3N2O4S. The Morgan fingerprint density at radius 3 is 2.38 bits per heavy atom. The number of nitrogens with zero attached hydrogens (tertiary/aromatic N) is 2. The lowest BCUT2D eigenvalue weighted by molar-refractivity contribution is -0.138. The van der Waals surface area contributed by atoms with Gasteiger partial charge in [-0.15, -0.1) is 0 Å². The molecule has 0 amide bonds. The predicted octanol–water partition coefficient (Wildman–Crippen LogP) is 7.47. The van der Waals surface area contributed by atoms with Crippen LogP contribution in [0, 0.1) is 0 Å². The Balaban J connectivity index is 1.54. The van der Waals surface area contributed by atoms with E-state index in [2.05, 4.69) is 0 Å². The number of thiazole rings is 1. The van der Waals surface area contributed by atoms with Gasteiger partial charge in [0.1, 0.15) is 12.4 Å². The Hall–Kier alpha value is -4.14. The molecule has 226 valence electrons. The summed E-state index contributed by atoms with van der Waals surface area (Å²) >= 11 is 20.2. The lowest BCUT2D eigenvalue weighted by atomic mass is 9.93. The average molecular weight is 676 g/mol. The lowest BCUT2D eigenvalue weighted by Crippen LogP contribution is -2.40. The number of ether oxygens (including phenoxy) is 2. The van der Waals surface area contributed by atoms with Gasteiger partial charge in [0.25, 0.3) is 5.56 Å². The maximum atomic E-state index is 14.2. The van der Waals surface area contributed by atoms with Crippen molar-refractivity contribution in [2.24, 2.45) is 4.99 Å². The molecule has 1 atom stereocenters. The number of esters is 1. The summed E-state index contributed by atoms with van der Waals surface area (Å²) < 4.78 is 13.6. The molecule has 1 aliphatic heterocycles. The van der Waals surface area contributed by atoms with Crippen LogP contribution >= 0.6 is 46.1 Å². The SMILES string of the molecule is CCOC(=O)C1=C(c2ccccc2)N=c2s/c(=C\c3cc(Cl)ccc3OCc3ccccc3Cl)c(=O)n2[C@@H]1c1ccc(Cl)cc1. The predicted molar refractivity (Wildman–Crippen MR) is 180 cm³/mol. The Labute approximate surface area is 278 Å². The van der Waals surface area contributed by atoms with Crippen molar-refractivity contribution >= 4 is 63.9 Å². The van der Waals surface area contributed by atoms with Crippen LogP contribution in [-0.4, -0.2) is 17.1 Å². The standard InChI is InChI=1S/C35H25Cl3N2O4S/c1-2-43-34(42)30-31(21-8-4-3-5-9-21)39-35-40(32(30)22-12-14-25(36)15-13-22)33(41)29(45-35)19-24-18-26(37)16-17-28(24)44-20-23-10-6-7-11-27(23)38/h3-19,32H,2,20H2,1H3/b29-19-/t32-/m1/s1. The summed E-state index contributed by atoms with van der Waals surface area (Å²) in [6.45, 7) is 2.13. The molecule has 0 fully saturated rings. The van der Waals surface area contributed by atoms with E-state index in [1.165, 1.54) is 15.9 Å². The summed E-state index contributed by atoms with van der Waals surface area (Å²) in [6.07, 6.45) is 1.73. The highest BCUT2D eigenvalue weighted by molar-refractivity contribution is 7.07. The maximum absolute atomic E-state index is 14.2. The summed E-state index contributed by atoms with van der Waals surface area (Å²) in [5.41, 5.74) is 3.21. The van der Waals surface area contributed by atoms with Gasteiger partial charge in [-0.05, 0) is 55.0 Å². The summed E-state index contributed by atoms with van der Waals surface area (Å²) in [5.74, 6) is -0.0315. The summed E-state index contributed by atoms with van der Waals surface area (Å²) in [6, 6.07) is 28.3. The van der Waals surface area contributed by atoms with E-state index in [-0.39, 0.29) is 24.3 Å². The van der Waals surface area contributed by atoms with Crippen LogP contribution in [0.4, 0.5) is 0 Å². The monoisotopic (exact) mass is 674 g/mol. The molecule has 6 rings (SSSR count). The van der Waals surface area contributed by atoms with Gasteiger partial charge >= 0.3 is 5.97 Å². The molecule has 1 aromatic heterocycles. The molecule has 10 heteroatoms. The van der Waals surface area contributed by atoms with Crippen LogP contribution in [0.3, 0.4) is 0 Å². The van der Waals surface area contributed by atoms with E-state index in [4.69, 9.17) is 49.3 Å². The largest absolute Gasteiger partial charge is 0.488 e. The van der Waals surface area contributed by atoms with Crippen molar-refractivity contribution in [1.29, 1.82) is 0 Å². The van der Waals surface area contributed by atoms with Crippen LogP contribution < -0.4 is 19.6 Å². The third-order valence-corrected chi connectivity index (χ3v) is 9.00. The average Bonchev–Trinajstić information content (AvgIpc) is 3.35. The van der Waals surface area contributed by atoms with Gasteiger partial charge in [0.15, 0.2) is 4.80 Å². The van der Waals surface area contributed by atoms with Gasteiger partial charge in [-0.2, -0.15) is 0 Å². The Bertz CT molecular complexity index is 2110. The van der Waals surface area contributed by atoms with Crippen LogP contribution in [0.1, 0.15) is 35.2 Å². The molecule has 5 aromatic rings. The van der Waals surface area contributed by atoms with Gasteiger partial charge in [0, 0.05) is 31.8 Å². The first-order chi connectivity index (χ1) is 21.8. The molecule has 6 nitrogen and oxygen atoms in total. The third-order valence-electron chi connectivity index (χ3n) is 7.16. The summed E-state index contributed by atoms with van der Waals surface area (Å²) in [4.78, 5) is 33.2. The molecule has 45 heavy (non-hydrogen) atoms. The summed E-state index contributed by atoms with van der Waals surface area (Å²) in [5, 5.41) is 1.60. The van der Waals surface area contributed by atoms with Gasteiger partial charge in [-0.25, -0.2) is 9.79 Å². The second-order valence-electron chi connectivity index (χ2n) is 10.0. The first-order valence-electron chi connectivity index (χ1n) is 14.0. The minimum atomic E-state index is -0.815. The van der Waals surface area contributed by atoms with Crippen molar-refractivity contribution in [3.8, 4) is 5.75 Å². The summed E-state index contributed by atoms with van der Waals surface area (Å²) in [7, 11) is 0. The minimum Gasteiger partial charge on any atom is -0.488 e. The van der Waals surface area contributed by atoms with Crippen molar-refractivity contribution in [2.75, 3.05) is 6.61 Å². The molecule has 0 bridgehead atoms. The van der Waals surface area contributed by atoms with Gasteiger partial charge in [0.05, 0.1) is 28.5 Å². The van der Waals surface area contributed by atoms with Crippen LogP contribution in [0.2, 0.25) is 15.1 Å². The molecule has 1 aliphatic rings. The molecule has 0 N–H and O–H groups in total. The Kier molecular flexibility index (Phi) is 9.24. The zero-order valence-electron chi connectivity index (χ0n) is 23.9. The van der Waals surface area contributed by atoms with E-state index in [9.17, 15) is 9.59 Å². The number of carbonyl (C=O) groups excluding carboxylic acids is 1.